The van der Waals surface area contributed by atoms with E-state index in [1.165, 1.54) is 18.1 Å². The molecule has 1 atom stereocenters. The second-order valence-corrected chi connectivity index (χ2v) is 5.46. The molecule has 21 heavy (non-hydrogen) atoms. The number of ether oxygens (including phenoxy) is 2. The molecule has 0 amide bonds. The molecule has 108 valence electrons. The van der Waals surface area contributed by atoms with E-state index in [2.05, 4.69) is 19.1 Å². The Morgan fingerprint density at radius 3 is 2.76 bits per heavy atom. The minimum atomic E-state index is -0.239. The smallest absolute Gasteiger partial charge is 0.302 e. The van der Waals surface area contributed by atoms with E-state index in [1.807, 2.05) is 30.3 Å². The number of para-hydroxylation sites is 1. The van der Waals surface area contributed by atoms with Crippen molar-refractivity contribution in [2.75, 3.05) is 6.61 Å². The number of fused-ring (bicyclic) bond motifs is 2. The van der Waals surface area contributed by atoms with Crippen LogP contribution in [0, 0.1) is 0 Å². The van der Waals surface area contributed by atoms with E-state index in [1.54, 1.807) is 0 Å². The van der Waals surface area contributed by atoms with E-state index in [0.717, 1.165) is 23.5 Å². The molecule has 0 fully saturated rings. The second kappa shape index (κ2) is 5.60. The highest BCUT2D eigenvalue weighted by Gasteiger charge is 2.18. The van der Waals surface area contributed by atoms with E-state index >= 15 is 0 Å². The van der Waals surface area contributed by atoms with Gasteiger partial charge in [0.15, 0.2) is 0 Å². The van der Waals surface area contributed by atoms with Crippen molar-refractivity contribution in [1.29, 1.82) is 0 Å². The lowest BCUT2D eigenvalue weighted by Gasteiger charge is -2.22. The van der Waals surface area contributed by atoms with Crippen molar-refractivity contribution in [3.63, 3.8) is 0 Å². The normalized spacial score (nSPS) is 13.6. The first-order chi connectivity index (χ1) is 10.1. The predicted octanol–water partition coefficient (Wildman–Crippen LogP) is 4.05. The maximum absolute atomic E-state index is 10.9. The summed E-state index contributed by atoms with van der Waals surface area (Å²) in [5.74, 6) is 1.79. The van der Waals surface area contributed by atoms with Gasteiger partial charge in [0.25, 0.3) is 0 Å². The van der Waals surface area contributed by atoms with Crippen LogP contribution >= 0.6 is 0 Å². The third kappa shape index (κ3) is 2.92. The first-order valence-corrected chi connectivity index (χ1v) is 7.15. The lowest BCUT2D eigenvalue weighted by Crippen LogP contribution is -2.09. The average Bonchev–Trinajstić information content (AvgIpc) is 2.50. The summed E-state index contributed by atoms with van der Waals surface area (Å²) < 4.78 is 11.0. The molecule has 1 aliphatic rings. The molecule has 0 aliphatic carbocycles. The van der Waals surface area contributed by atoms with Crippen molar-refractivity contribution in [3.8, 4) is 11.5 Å². The van der Waals surface area contributed by atoms with Crippen molar-refractivity contribution in [3.05, 3.63) is 59.2 Å². The van der Waals surface area contributed by atoms with E-state index in [9.17, 15) is 4.79 Å². The summed E-state index contributed by atoms with van der Waals surface area (Å²) in [7, 11) is 0. The van der Waals surface area contributed by atoms with Gasteiger partial charge in [0.2, 0.25) is 0 Å². The van der Waals surface area contributed by atoms with Gasteiger partial charge in [-0.05, 0) is 28.8 Å². The van der Waals surface area contributed by atoms with E-state index in [4.69, 9.17) is 9.47 Å². The highest BCUT2D eigenvalue weighted by molar-refractivity contribution is 5.66. The molecule has 0 bridgehead atoms. The zero-order valence-electron chi connectivity index (χ0n) is 12.3. The summed E-state index contributed by atoms with van der Waals surface area (Å²) in [6, 6.07) is 14.3. The maximum atomic E-state index is 10.9. The fourth-order valence-electron chi connectivity index (χ4n) is 2.56. The monoisotopic (exact) mass is 282 g/mol. The molecular weight excluding hydrogens is 264 g/mol. The first kappa shape index (κ1) is 13.7. The molecule has 0 radical (unpaired) electrons. The minimum Gasteiger partial charge on any atom is -0.465 e. The number of hydrogen-bond acceptors (Lipinski definition) is 3. The van der Waals surface area contributed by atoms with Gasteiger partial charge in [-0.2, -0.15) is 0 Å². The van der Waals surface area contributed by atoms with Gasteiger partial charge in [-0.1, -0.05) is 37.3 Å². The van der Waals surface area contributed by atoms with Crippen molar-refractivity contribution >= 4 is 5.97 Å². The Morgan fingerprint density at radius 2 is 1.95 bits per heavy atom. The van der Waals surface area contributed by atoms with Crippen LogP contribution in [0.15, 0.2) is 42.5 Å². The average molecular weight is 282 g/mol. The SMILES string of the molecule is CC(=O)OCC(C)c1ccc2c(c1)Cc1ccccc1O2. The van der Waals surface area contributed by atoms with E-state index in [-0.39, 0.29) is 11.9 Å². The summed E-state index contributed by atoms with van der Waals surface area (Å²) in [6.07, 6.45) is 0.875. The lowest BCUT2D eigenvalue weighted by atomic mass is 9.94. The van der Waals surface area contributed by atoms with Crippen LogP contribution in [0.25, 0.3) is 0 Å². The molecule has 1 unspecified atom stereocenters. The van der Waals surface area contributed by atoms with Crippen molar-refractivity contribution in [2.45, 2.75) is 26.2 Å². The van der Waals surface area contributed by atoms with Crippen molar-refractivity contribution in [1.82, 2.24) is 0 Å². The molecule has 1 aliphatic heterocycles. The molecule has 1 heterocycles. The Kier molecular flexibility index (Phi) is 3.65. The quantitative estimate of drug-likeness (QED) is 0.680. The molecule has 0 spiro atoms. The van der Waals surface area contributed by atoms with Gasteiger partial charge in [0.05, 0.1) is 6.61 Å². The summed E-state index contributed by atoms with van der Waals surface area (Å²) in [5, 5.41) is 0. The Morgan fingerprint density at radius 1 is 1.19 bits per heavy atom. The van der Waals surface area contributed by atoms with Crippen LogP contribution in [0.5, 0.6) is 11.5 Å². The van der Waals surface area contributed by atoms with Crippen molar-refractivity contribution in [2.24, 2.45) is 0 Å². The van der Waals surface area contributed by atoms with Crippen LogP contribution in [0.2, 0.25) is 0 Å². The van der Waals surface area contributed by atoms with Gasteiger partial charge in [-0.15, -0.1) is 0 Å². The lowest BCUT2D eigenvalue weighted by molar-refractivity contribution is -0.141. The second-order valence-electron chi connectivity index (χ2n) is 5.46. The van der Waals surface area contributed by atoms with Crippen LogP contribution < -0.4 is 4.74 Å². The van der Waals surface area contributed by atoms with E-state index < -0.39 is 0 Å². The number of carbonyl (C=O) groups is 1. The third-order valence-corrected chi connectivity index (χ3v) is 3.76. The molecule has 3 rings (SSSR count). The Balaban J connectivity index is 1.81. The first-order valence-electron chi connectivity index (χ1n) is 7.15. The number of benzene rings is 2. The van der Waals surface area contributed by atoms with Crippen LogP contribution in [0.1, 0.15) is 36.5 Å². The maximum Gasteiger partial charge on any atom is 0.302 e. The predicted molar refractivity (Wildman–Crippen MR) is 80.8 cm³/mol. The molecule has 3 heteroatoms. The molecule has 2 aromatic rings. The molecule has 0 saturated heterocycles. The molecule has 0 aromatic heterocycles. The van der Waals surface area contributed by atoms with Crippen LogP contribution in [0.3, 0.4) is 0 Å². The number of carbonyl (C=O) groups excluding carboxylic acids is 1. The Labute approximate surface area is 124 Å². The highest BCUT2D eigenvalue weighted by Crippen LogP contribution is 2.37. The zero-order chi connectivity index (χ0) is 14.8. The summed E-state index contributed by atoms with van der Waals surface area (Å²) in [4.78, 5) is 10.9. The van der Waals surface area contributed by atoms with E-state index in [0.29, 0.717) is 6.61 Å². The summed E-state index contributed by atoms with van der Waals surface area (Å²) in [5.41, 5.74) is 3.55. The summed E-state index contributed by atoms with van der Waals surface area (Å²) in [6.45, 7) is 3.90. The van der Waals surface area contributed by atoms with Gasteiger partial charge in [-0.3, -0.25) is 4.79 Å². The Bertz CT molecular complexity index is 676. The van der Waals surface area contributed by atoms with Gasteiger partial charge in [-0.25, -0.2) is 0 Å². The highest BCUT2D eigenvalue weighted by atomic mass is 16.5. The third-order valence-electron chi connectivity index (χ3n) is 3.76. The van der Waals surface area contributed by atoms with Crippen LogP contribution in [-0.2, 0) is 16.0 Å². The number of rotatable bonds is 3. The molecular formula is C18H18O3. The fraction of sp³-hybridized carbons (Fsp3) is 0.278. The molecule has 0 N–H and O–H groups in total. The summed E-state index contributed by atoms with van der Waals surface area (Å²) >= 11 is 0. The van der Waals surface area contributed by atoms with Gasteiger partial charge in [0, 0.05) is 19.3 Å². The van der Waals surface area contributed by atoms with Crippen molar-refractivity contribution < 1.29 is 14.3 Å². The van der Waals surface area contributed by atoms with Gasteiger partial charge >= 0.3 is 5.97 Å². The van der Waals surface area contributed by atoms with Crippen LogP contribution in [-0.4, -0.2) is 12.6 Å². The molecule has 3 nitrogen and oxygen atoms in total. The van der Waals surface area contributed by atoms with Gasteiger partial charge in [0.1, 0.15) is 11.5 Å². The molecule has 2 aromatic carbocycles. The topological polar surface area (TPSA) is 35.5 Å². The largest absolute Gasteiger partial charge is 0.465 e. The number of esters is 1. The number of hydrogen-bond donors (Lipinski definition) is 0. The Hall–Kier alpha value is -2.29. The minimum absolute atomic E-state index is 0.177. The van der Waals surface area contributed by atoms with Crippen LogP contribution in [0.4, 0.5) is 0 Å². The standard InChI is InChI=1S/C18H18O3/c1-12(11-20-13(2)19)14-7-8-18-16(9-14)10-15-5-3-4-6-17(15)21-18/h3-9,12H,10-11H2,1-2H3. The zero-order valence-corrected chi connectivity index (χ0v) is 12.3. The fourth-order valence-corrected chi connectivity index (χ4v) is 2.56. The van der Waals surface area contributed by atoms with Gasteiger partial charge < -0.3 is 9.47 Å². The molecule has 0 saturated carbocycles.